The highest BCUT2D eigenvalue weighted by atomic mass is 79.9. The molecular formula is C16H18BrN5O. The number of aliphatic hydroxyl groups is 1. The lowest BCUT2D eigenvalue weighted by Crippen LogP contribution is -2.40. The van der Waals surface area contributed by atoms with Crippen LogP contribution in [0.4, 0.5) is 5.82 Å². The molecule has 0 saturated carbocycles. The zero-order chi connectivity index (χ0) is 16.2. The van der Waals surface area contributed by atoms with Crippen molar-refractivity contribution in [2.75, 3.05) is 18.1 Å². The van der Waals surface area contributed by atoms with Crippen LogP contribution in [0.5, 0.6) is 0 Å². The van der Waals surface area contributed by atoms with Crippen molar-refractivity contribution >= 4 is 21.7 Å². The van der Waals surface area contributed by atoms with E-state index >= 15 is 0 Å². The third-order valence-corrected chi connectivity index (χ3v) is 4.65. The summed E-state index contributed by atoms with van der Waals surface area (Å²) >= 11 is 3.40. The molecular weight excluding hydrogens is 358 g/mol. The molecule has 1 atom stereocenters. The molecule has 1 unspecified atom stereocenters. The first-order chi connectivity index (χ1) is 11.2. The zero-order valence-corrected chi connectivity index (χ0v) is 14.3. The highest BCUT2D eigenvalue weighted by Crippen LogP contribution is 2.27. The van der Waals surface area contributed by atoms with Gasteiger partial charge in [0.15, 0.2) is 5.82 Å². The van der Waals surface area contributed by atoms with Crippen LogP contribution < -0.4 is 4.90 Å². The van der Waals surface area contributed by atoms with E-state index in [0.717, 1.165) is 36.0 Å². The molecule has 2 aromatic rings. The first kappa shape index (κ1) is 16.0. The van der Waals surface area contributed by atoms with Gasteiger partial charge in [0.05, 0.1) is 5.69 Å². The molecule has 1 aromatic carbocycles. The second kappa shape index (κ2) is 7.11. The smallest absolute Gasteiger partial charge is 0.207 e. The topological polar surface area (TPSA) is 78.0 Å². The second-order valence-corrected chi connectivity index (χ2v) is 6.52. The standard InChI is InChI=1S/C16H18BrN5O/c17-12-4-6-14(7-5-12)22-19-15(11-18)16(20-22)21-9-2-1-3-13(21)8-10-23/h4-7,13,23H,1-3,8-10H2. The molecule has 1 aliphatic rings. The Morgan fingerprint density at radius 1 is 1.26 bits per heavy atom. The molecule has 1 aromatic heterocycles. The van der Waals surface area contributed by atoms with Crippen molar-refractivity contribution in [2.45, 2.75) is 31.7 Å². The number of halogens is 1. The van der Waals surface area contributed by atoms with Crippen LogP contribution in [-0.4, -0.2) is 39.3 Å². The largest absolute Gasteiger partial charge is 0.396 e. The predicted molar refractivity (Wildman–Crippen MR) is 90.5 cm³/mol. The molecule has 1 N–H and O–H groups in total. The number of anilines is 1. The molecule has 0 amide bonds. The number of nitriles is 1. The summed E-state index contributed by atoms with van der Waals surface area (Å²) in [5.41, 5.74) is 1.14. The number of aliphatic hydroxyl groups excluding tert-OH is 1. The minimum absolute atomic E-state index is 0.143. The maximum atomic E-state index is 9.42. The van der Waals surface area contributed by atoms with Crippen molar-refractivity contribution < 1.29 is 5.11 Å². The van der Waals surface area contributed by atoms with Gasteiger partial charge in [-0.15, -0.1) is 15.0 Å². The summed E-state index contributed by atoms with van der Waals surface area (Å²) in [4.78, 5) is 3.63. The van der Waals surface area contributed by atoms with Crippen molar-refractivity contribution in [2.24, 2.45) is 0 Å². The molecule has 0 radical (unpaired) electrons. The van der Waals surface area contributed by atoms with Gasteiger partial charge in [0, 0.05) is 23.7 Å². The van der Waals surface area contributed by atoms with Gasteiger partial charge in [0.1, 0.15) is 6.07 Å². The lowest BCUT2D eigenvalue weighted by molar-refractivity contribution is 0.262. The molecule has 1 fully saturated rings. The van der Waals surface area contributed by atoms with E-state index in [-0.39, 0.29) is 12.6 Å². The maximum Gasteiger partial charge on any atom is 0.207 e. The zero-order valence-electron chi connectivity index (χ0n) is 12.7. The van der Waals surface area contributed by atoms with Gasteiger partial charge in [0.25, 0.3) is 0 Å². The highest BCUT2D eigenvalue weighted by molar-refractivity contribution is 9.10. The van der Waals surface area contributed by atoms with Crippen LogP contribution in [0, 0.1) is 11.3 Å². The van der Waals surface area contributed by atoms with Crippen molar-refractivity contribution in [3.63, 3.8) is 0 Å². The molecule has 3 rings (SSSR count). The van der Waals surface area contributed by atoms with E-state index in [1.807, 2.05) is 24.3 Å². The normalized spacial score (nSPS) is 18.0. The maximum absolute atomic E-state index is 9.42. The summed E-state index contributed by atoms with van der Waals surface area (Å²) in [6.45, 7) is 0.988. The summed E-state index contributed by atoms with van der Waals surface area (Å²) in [5, 5.41) is 27.6. The average Bonchev–Trinajstić information content (AvgIpc) is 3.00. The Kier molecular flexibility index (Phi) is 4.94. The van der Waals surface area contributed by atoms with Gasteiger partial charge in [-0.1, -0.05) is 15.9 Å². The average molecular weight is 376 g/mol. The summed E-state index contributed by atoms with van der Waals surface area (Å²) in [6.07, 6.45) is 3.91. The van der Waals surface area contributed by atoms with Crippen LogP contribution in [0.2, 0.25) is 0 Å². The molecule has 1 saturated heterocycles. The monoisotopic (exact) mass is 375 g/mol. The van der Waals surface area contributed by atoms with E-state index in [1.54, 1.807) is 0 Å². The minimum Gasteiger partial charge on any atom is -0.396 e. The van der Waals surface area contributed by atoms with Gasteiger partial charge in [0.2, 0.25) is 5.69 Å². The molecule has 0 spiro atoms. The van der Waals surface area contributed by atoms with Gasteiger partial charge in [-0.2, -0.15) is 5.26 Å². The molecule has 1 aliphatic heterocycles. The van der Waals surface area contributed by atoms with E-state index in [9.17, 15) is 10.4 Å². The van der Waals surface area contributed by atoms with Crippen LogP contribution in [-0.2, 0) is 0 Å². The third kappa shape index (κ3) is 3.38. The number of hydrogen-bond acceptors (Lipinski definition) is 5. The molecule has 0 bridgehead atoms. The van der Waals surface area contributed by atoms with Crippen LogP contribution in [0.25, 0.3) is 5.69 Å². The third-order valence-electron chi connectivity index (χ3n) is 4.12. The Hall–Kier alpha value is -1.91. The first-order valence-electron chi connectivity index (χ1n) is 7.74. The lowest BCUT2D eigenvalue weighted by Gasteiger charge is -2.35. The molecule has 23 heavy (non-hydrogen) atoms. The summed E-state index contributed by atoms with van der Waals surface area (Å²) < 4.78 is 0.980. The molecule has 120 valence electrons. The highest BCUT2D eigenvalue weighted by Gasteiger charge is 2.27. The lowest BCUT2D eigenvalue weighted by atomic mass is 9.99. The Balaban J connectivity index is 1.95. The quantitative estimate of drug-likeness (QED) is 0.888. The van der Waals surface area contributed by atoms with E-state index in [1.165, 1.54) is 4.80 Å². The summed E-state index contributed by atoms with van der Waals surface area (Å²) in [5.74, 6) is 0.619. The van der Waals surface area contributed by atoms with Gasteiger partial charge in [-0.25, -0.2) is 0 Å². The Morgan fingerprint density at radius 2 is 2.04 bits per heavy atom. The van der Waals surface area contributed by atoms with E-state index in [0.29, 0.717) is 17.9 Å². The van der Waals surface area contributed by atoms with Crippen molar-refractivity contribution in [1.82, 2.24) is 15.0 Å². The fourth-order valence-corrected chi connectivity index (χ4v) is 3.25. The number of hydrogen-bond donors (Lipinski definition) is 1. The SMILES string of the molecule is N#Cc1nn(-c2ccc(Br)cc2)nc1N1CCCCC1CCO. The number of benzene rings is 1. The molecule has 2 heterocycles. The Labute approximate surface area is 143 Å². The predicted octanol–water partition coefficient (Wildman–Crippen LogP) is 2.64. The van der Waals surface area contributed by atoms with E-state index in [4.69, 9.17) is 0 Å². The van der Waals surface area contributed by atoms with Crippen molar-refractivity contribution in [1.29, 1.82) is 5.26 Å². The fourth-order valence-electron chi connectivity index (χ4n) is 2.98. The number of aromatic nitrogens is 3. The van der Waals surface area contributed by atoms with Crippen molar-refractivity contribution in [3.05, 3.63) is 34.4 Å². The number of piperidine rings is 1. The van der Waals surface area contributed by atoms with Gasteiger partial charge < -0.3 is 10.0 Å². The minimum atomic E-state index is 0.143. The van der Waals surface area contributed by atoms with Gasteiger partial charge in [-0.3, -0.25) is 0 Å². The van der Waals surface area contributed by atoms with Crippen LogP contribution >= 0.6 is 15.9 Å². The summed E-state index contributed by atoms with van der Waals surface area (Å²) in [6, 6.07) is 10.00. The van der Waals surface area contributed by atoms with Crippen LogP contribution in [0.1, 0.15) is 31.4 Å². The van der Waals surface area contributed by atoms with Crippen LogP contribution in [0.3, 0.4) is 0 Å². The summed E-state index contributed by atoms with van der Waals surface area (Å²) in [7, 11) is 0. The Morgan fingerprint density at radius 3 is 2.74 bits per heavy atom. The Bertz CT molecular complexity index is 704. The van der Waals surface area contributed by atoms with Crippen LogP contribution in [0.15, 0.2) is 28.7 Å². The van der Waals surface area contributed by atoms with E-state index < -0.39 is 0 Å². The van der Waals surface area contributed by atoms with E-state index in [2.05, 4.69) is 37.1 Å². The van der Waals surface area contributed by atoms with Gasteiger partial charge in [-0.05, 0) is 49.9 Å². The second-order valence-electron chi connectivity index (χ2n) is 5.61. The van der Waals surface area contributed by atoms with Crippen molar-refractivity contribution in [3.8, 4) is 11.8 Å². The van der Waals surface area contributed by atoms with Gasteiger partial charge >= 0.3 is 0 Å². The number of rotatable bonds is 4. The fraction of sp³-hybridized carbons (Fsp3) is 0.438. The first-order valence-corrected chi connectivity index (χ1v) is 8.53. The molecule has 6 nitrogen and oxygen atoms in total. The molecule has 0 aliphatic carbocycles. The number of nitrogens with zero attached hydrogens (tertiary/aromatic N) is 5. The molecule has 7 heteroatoms.